The Morgan fingerprint density at radius 2 is 1.79 bits per heavy atom. The van der Waals surface area contributed by atoms with E-state index in [0.717, 1.165) is 12.0 Å². The van der Waals surface area contributed by atoms with Gasteiger partial charge in [-0.2, -0.15) is 4.80 Å². The van der Waals surface area contributed by atoms with E-state index in [2.05, 4.69) is 29.3 Å². The van der Waals surface area contributed by atoms with Crippen molar-refractivity contribution >= 4 is 5.78 Å². The van der Waals surface area contributed by atoms with Gasteiger partial charge < -0.3 is 0 Å². The molecular formula is C19H20N4O. The normalized spacial score (nSPS) is 12.1. The van der Waals surface area contributed by atoms with Gasteiger partial charge in [0.15, 0.2) is 5.78 Å². The monoisotopic (exact) mass is 320 g/mol. The average Bonchev–Trinajstić information content (AvgIpc) is 3.10. The molecule has 1 unspecified atom stereocenters. The molecule has 0 aliphatic rings. The number of nitrogens with zero attached hydrogens (tertiary/aromatic N) is 4. The average molecular weight is 320 g/mol. The van der Waals surface area contributed by atoms with Gasteiger partial charge in [0.05, 0.1) is 0 Å². The van der Waals surface area contributed by atoms with Gasteiger partial charge in [0, 0.05) is 11.1 Å². The summed E-state index contributed by atoms with van der Waals surface area (Å²) in [6.07, 6.45) is 1.08. The fourth-order valence-corrected chi connectivity index (χ4v) is 2.47. The molecule has 1 atom stereocenters. The van der Waals surface area contributed by atoms with E-state index in [1.54, 1.807) is 0 Å². The van der Waals surface area contributed by atoms with Crippen molar-refractivity contribution in [2.24, 2.45) is 0 Å². The van der Waals surface area contributed by atoms with Crippen LogP contribution < -0.4 is 0 Å². The zero-order valence-corrected chi connectivity index (χ0v) is 13.9. The molecule has 1 heterocycles. The predicted octanol–water partition coefficient (Wildman–Crippen LogP) is 3.74. The van der Waals surface area contributed by atoms with Crippen molar-refractivity contribution in [3.8, 4) is 11.4 Å². The first-order valence-corrected chi connectivity index (χ1v) is 8.13. The molecule has 2 aromatic carbocycles. The first kappa shape index (κ1) is 16.1. The number of Topliss-reactive ketones (excluding diaryl/α,β-unsaturated/α-hetero) is 1. The van der Waals surface area contributed by atoms with Crippen molar-refractivity contribution in [1.82, 2.24) is 20.2 Å². The van der Waals surface area contributed by atoms with Crippen LogP contribution in [0.2, 0.25) is 0 Å². The Hall–Kier alpha value is -2.82. The van der Waals surface area contributed by atoms with Crippen LogP contribution in [-0.2, 0) is 6.54 Å². The molecule has 122 valence electrons. The van der Waals surface area contributed by atoms with Crippen molar-refractivity contribution in [3.05, 3.63) is 65.7 Å². The summed E-state index contributed by atoms with van der Waals surface area (Å²) in [6, 6.07) is 17.4. The minimum absolute atomic E-state index is 0.0253. The van der Waals surface area contributed by atoms with E-state index in [4.69, 9.17) is 0 Å². The van der Waals surface area contributed by atoms with Gasteiger partial charge in [0.1, 0.15) is 6.54 Å². The lowest BCUT2D eigenvalue weighted by atomic mass is 9.97. The second-order valence-electron chi connectivity index (χ2n) is 5.86. The second-order valence-corrected chi connectivity index (χ2v) is 5.86. The molecule has 1 aromatic heterocycles. The van der Waals surface area contributed by atoms with Crippen LogP contribution in [0.15, 0.2) is 54.6 Å². The molecule has 0 radical (unpaired) electrons. The van der Waals surface area contributed by atoms with E-state index >= 15 is 0 Å². The number of hydrogen-bond acceptors (Lipinski definition) is 4. The van der Waals surface area contributed by atoms with Crippen LogP contribution in [-0.4, -0.2) is 26.0 Å². The molecule has 0 spiro atoms. The Morgan fingerprint density at radius 1 is 1.08 bits per heavy atom. The fourth-order valence-electron chi connectivity index (χ4n) is 2.47. The van der Waals surface area contributed by atoms with E-state index in [9.17, 15) is 4.79 Å². The maximum atomic E-state index is 12.4. The molecule has 24 heavy (non-hydrogen) atoms. The Balaban J connectivity index is 1.70. The summed E-state index contributed by atoms with van der Waals surface area (Å²) in [5, 5.41) is 12.3. The summed E-state index contributed by atoms with van der Waals surface area (Å²) in [4.78, 5) is 13.7. The van der Waals surface area contributed by atoms with Crippen molar-refractivity contribution in [2.45, 2.75) is 32.7 Å². The van der Waals surface area contributed by atoms with Gasteiger partial charge in [0.2, 0.25) is 5.82 Å². The molecule has 0 aliphatic heterocycles. The maximum absolute atomic E-state index is 12.4. The van der Waals surface area contributed by atoms with E-state index in [1.165, 1.54) is 10.4 Å². The van der Waals surface area contributed by atoms with Crippen LogP contribution in [0.5, 0.6) is 0 Å². The number of hydrogen-bond donors (Lipinski definition) is 0. The molecule has 0 bridgehead atoms. The number of carbonyl (C=O) groups excluding carboxylic acids is 1. The maximum Gasteiger partial charge on any atom is 0.204 e. The first-order chi connectivity index (χ1) is 11.7. The number of carbonyl (C=O) groups is 1. The van der Waals surface area contributed by atoms with E-state index in [0.29, 0.717) is 17.3 Å². The Labute approximate surface area is 141 Å². The van der Waals surface area contributed by atoms with Crippen LogP contribution in [0.3, 0.4) is 0 Å². The molecule has 0 N–H and O–H groups in total. The van der Waals surface area contributed by atoms with Crippen molar-refractivity contribution in [1.29, 1.82) is 0 Å². The third kappa shape index (κ3) is 3.56. The summed E-state index contributed by atoms with van der Waals surface area (Å²) in [7, 11) is 0. The topological polar surface area (TPSA) is 60.7 Å². The molecule has 0 amide bonds. The summed E-state index contributed by atoms with van der Waals surface area (Å²) in [5.74, 6) is 0.998. The van der Waals surface area contributed by atoms with Gasteiger partial charge in [-0.15, -0.1) is 10.2 Å². The van der Waals surface area contributed by atoms with Gasteiger partial charge in [-0.3, -0.25) is 4.79 Å². The highest BCUT2D eigenvalue weighted by molar-refractivity contribution is 5.95. The minimum atomic E-state index is -0.0253. The van der Waals surface area contributed by atoms with Gasteiger partial charge in [0.25, 0.3) is 0 Å². The van der Waals surface area contributed by atoms with Crippen molar-refractivity contribution in [3.63, 3.8) is 0 Å². The Kier molecular flexibility index (Phi) is 4.79. The lowest BCUT2D eigenvalue weighted by Crippen LogP contribution is -2.13. The molecule has 0 aliphatic carbocycles. The highest BCUT2D eigenvalue weighted by Gasteiger charge is 2.12. The quantitative estimate of drug-likeness (QED) is 0.649. The first-order valence-electron chi connectivity index (χ1n) is 8.13. The van der Waals surface area contributed by atoms with E-state index < -0.39 is 0 Å². The zero-order valence-electron chi connectivity index (χ0n) is 13.9. The number of ketones is 1. The van der Waals surface area contributed by atoms with Crippen LogP contribution in [0.25, 0.3) is 11.4 Å². The number of benzene rings is 2. The second kappa shape index (κ2) is 7.17. The van der Waals surface area contributed by atoms with Gasteiger partial charge in [-0.05, 0) is 23.1 Å². The summed E-state index contributed by atoms with van der Waals surface area (Å²) >= 11 is 0. The zero-order chi connectivity index (χ0) is 16.9. The molecule has 5 heteroatoms. The number of tetrazole rings is 1. The van der Waals surface area contributed by atoms with Crippen LogP contribution in [0.4, 0.5) is 0 Å². The molecule has 0 fully saturated rings. The van der Waals surface area contributed by atoms with Crippen LogP contribution in [0, 0.1) is 0 Å². The van der Waals surface area contributed by atoms with Crippen molar-refractivity contribution in [2.75, 3.05) is 0 Å². The SMILES string of the molecule is CCC(C)c1ccc(C(=O)Cn2nnc(-c3ccccc3)n2)cc1. The third-order valence-electron chi connectivity index (χ3n) is 4.18. The lowest BCUT2D eigenvalue weighted by Gasteiger charge is -2.09. The van der Waals surface area contributed by atoms with Gasteiger partial charge in [-0.1, -0.05) is 68.4 Å². The summed E-state index contributed by atoms with van der Waals surface area (Å²) in [5.41, 5.74) is 2.80. The van der Waals surface area contributed by atoms with Gasteiger partial charge >= 0.3 is 0 Å². The molecular weight excluding hydrogens is 300 g/mol. The van der Waals surface area contributed by atoms with Crippen molar-refractivity contribution < 1.29 is 4.79 Å². The standard InChI is InChI=1S/C19H20N4O/c1-3-14(2)15-9-11-16(12-10-15)18(24)13-23-21-19(20-22-23)17-7-5-4-6-8-17/h4-12,14H,3,13H2,1-2H3. The number of aromatic nitrogens is 4. The molecule has 3 aromatic rings. The number of rotatable bonds is 6. The minimum Gasteiger partial charge on any atom is -0.292 e. The Bertz CT molecular complexity index is 809. The highest BCUT2D eigenvalue weighted by atomic mass is 16.1. The molecule has 0 saturated heterocycles. The van der Waals surface area contributed by atoms with E-state index in [-0.39, 0.29) is 12.3 Å². The Morgan fingerprint density at radius 3 is 2.46 bits per heavy atom. The highest BCUT2D eigenvalue weighted by Crippen LogP contribution is 2.19. The fraction of sp³-hybridized carbons (Fsp3) is 0.263. The van der Waals surface area contributed by atoms with Crippen LogP contribution in [0.1, 0.15) is 42.1 Å². The molecule has 3 rings (SSSR count). The summed E-state index contributed by atoms with van der Waals surface area (Å²) in [6.45, 7) is 4.42. The molecule has 5 nitrogen and oxygen atoms in total. The smallest absolute Gasteiger partial charge is 0.204 e. The molecule has 0 saturated carbocycles. The predicted molar refractivity (Wildman–Crippen MR) is 92.7 cm³/mol. The van der Waals surface area contributed by atoms with Crippen LogP contribution >= 0.6 is 0 Å². The van der Waals surface area contributed by atoms with Gasteiger partial charge in [-0.25, -0.2) is 0 Å². The summed E-state index contributed by atoms with van der Waals surface area (Å²) < 4.78 is 0. The third-order valence-corrected chi connectivity index (χ3v) is 4.18. The largest absolute Gasteiger partial charge is 0.292 e. The van der Waals surface area contributed by atoms with E-state index in [1.807, 2.05) is 54.6 Å². The lowest BCUT2D eigenvalue weighted by molar-refractivity contribution is 0.0961.